The van der Waals surface area contributed by atoms with Crippen molar-refractivity contribution in [3.63, 3.8) is 0 Å². The van der Waals surface area contributed by atoms with Gasteiger partial charge in [-0.1, -0.05) is 0 Å². The van der Waals surface area contributed by atoms with E-state index < -0.39 is 9.05 Å². The lowest BCUT2D eigenvalue weighted by Gasteiger charge is -2.00. The van der Waals surface area contributed by atoms with E-state index >= 15 is 0 Å². The van der Waals surface area contributed by atoms with E-state index in [4.69, 9.17) is 10.7 Å². The zero-order chi connectivity index (χ0) is 11.2. The minimum atomic E-state index is -3.86. The normalized spacial score (nSPS) is 12.1. The van der Waals surface area contributed by atoms with Crippen molar-refractivity contribution >= 4 is 25.5 Å². The third kappa shape index (κ3) is 1.53. The standard InChI is InChI=1S/C7H6ClN3O3S/c1-10-5(12)2-3-11-6(15(8,13)14)4-9-7(10)11/h2-4H,1H3. The molecule has 15 heavy (non-hydrogen) atoms. The molecular formula is C7H6ClN3O3S. The molecule has 0 unspecified atom stereocenters. The van der Waals surface area contributed by atoms with Crippen molar-refractivity contribution in [1.82, 2.24) is 14.0 Å². The first-order valence-electron chi connectivity index (χ1n) is 3.89. The first-order valence-corrected chi connectivity index (χ1v) is 6.20. The lowest BCUT2D eigenvalue weighted by molar-refractivity contribution is 0.604. The average molecular weight is 248 g/mol. The summed E-state index contributed by atoms with van der Waals surface area (Å²) in [5.74, 6) is 0.224. The maximum absolute atomic E-state index is 11.2. The second-order valence-electron chi connectivity index (χ2n) is 2.92. The van der Waals surface area contributed by atoms with Crippen LogP contribution in [0.25, 0.3) is 5.78 Å². The summed E-state index contributed by atoms with van der Waals surface area (Å²) in [4.78, 5) is 15.0. The third-order valence-electron chi connectivity index (χ3n) is 1.99. The van der Waals surface area contributed by atoms with Crippen LogP contribution in [-0.2, 0) is 16.1 Å². The Hall–Kier alpha value is -1.34. The molecule has 0 fully saturated rings. The number of hydrogen-bond donors (Lipinski definition) is 0. The van der Waals surface area contributed by atoms with Crippen molar-refractivity contribution in [2.75, 3.05) is 0 Å². The molecule has 0 amide bonds. The summed E-state index contributed by atoms with van der Waals surface area (Å²) in [5.41, 5.74) is -0.272. The molecule has 0 N–H and O–H groups in total. The van der Waals surface area contributed by atoms with E-state index in [9.17, 15) is 13.2 Å². The van der Waals surface area contributed by atoms with Crippen LogP contribution in [0.3, 0.4) is 0 Å². The summed E-state index contributed by atoms with van der Waals surface area (Å²) >= 11 is 0. The van der Waals surface area contributed by atoms with Gasteiger partial charge in [-0.05, 0) is 0 Å². The molecule has 0 spiro atoms. The van der Waals surface area contributed by atoms with E-state index in [1.54, 1.807) is 0 Å². The van der Waals surface area contributed by atoms with Crippen LogP contribution in [0.4, 0.5) is 0 Å². The fraction of sp³-hybridized carbons (Fsp3) is 0.143. The van der Waals surface area contributed by atoms with Crippen molar-refractivity contribution in [3.8, 4) is 0 Å². The van der Waals surface area contributed by atoms with Crippen LogP contribution in [0, 0.1) is 0 Å². The van der Waals surface area contributed by atoms with Gasteiger partial charge in [0.2, 0.25) is 5.78 Å². The van der Waals surface area contributed by atoms with Gasteiger partial charge in [-0.2, -0.15) is 0 Å². The molecule has 2 aromatic heterocycles. The second-order valence-corrected chi connectivity index (χ2v) is 5.43. The molecule has 0 atom stereocenters. The number of halogens is 1. The molecule has 6 nitrogen and oxygen atoms in total. The van der Waals surface area contributed by atoms with E-state index in [0.717, 1.165) is 6.20 Å². The SMILES string of the molecule is Cn1c(=O)ccn2c(S(=O)(=O)Cl)cnc12. The van der Waals surface area contributed by atoms with Crippen molar-refractivity contribution in [3.05, 3.63) is 28.8 Å². The maximum Gasteiger partial charge on any atom is 0.278 e. The van der Waals surface area contributed by atoms with E-state index in [2.05, 4.69) is 4.98 Å². The van der Waals surface area contributed by atoms with Crippen LogP contribution < -0.4 is 5.56 Å². The summed E-state index contributed by atoms with van der Waals surface area (Å²) in [6.45, 7) is 0. The van der Waals surface area contributed by atoms with Crippen LogP contribution in [0.15, 0.2) is 28.3 Å². The highest BCUT2D eigenvalue weighted by Gasteiger charge is 2.17. The van der Waals surface area contributed by atoms with E-state index in [1.807, 2.05) is 0 Å². The van der Waals surface area contributed by atoms with Gasteiger partial charge < -0.3 is 0 Å². The van der Waals surface area contributed by atoms with Crippen molar-refractivity contribution < 1.29 is 8.42 Å². The van der Waals surface area contributed by atoms with Crippen LogP contribution in [0.2, 0.25) is 0 Å². The monoisotopic (exact) mass is 247 g/mol. The molecular weight excluding hydrogens is 242 g/mol. The van der Waals surface area contributed by atoms with Gasteiger partial charge in [0.25, 0.3) is 14.6 Å². The smallest absolute Gasteiger partial charge is 0.278 e. The van der Waals surface area contributed by atoms with Gasteiger partial charge >= 0.3 is 0 Å². The van der Waals surface area contributed by atoms with Crippen LogP contribution >= 0.6 is 10.7 Å². The van der Waals surface area contributed by atoms with Crippen molar-refractivity contribution in [2.24, 2.45) is 7.05 Å². The molecule has 2 heterocycles. The molecule has 2 aromatic rings. The third-order valence-corrected chi connectivity index (χ3v) is 3.27. The minimum Gasteiger partial charge on any atom is -0.281 e. The summed E-state index contributed by atoms with van der Waals surface area (Å²) in [6.07, 6.45) is 2.43. The van der Waals surface area contributed by atoms with E-state index in [-0.39, 0.29) is 16.4 Å². The highest BCUT2D eigenvalue weighted by molar-refractivity contribution is 8.13. The van der Waals surface area contributed by atoms with Crippen LogP contribution in [0.5, 0.6) is 0 Å². The average Bonchev–Trinajstić information content (AvgIpc) is 2.54. The topological polar surface area (TPSA) is 73.4 Å². The lowest BCUT2D eigenvalue weighted by Crippen LogP contribution is -2.18. The summed E-state index contributed by atoms with van der Waals surface area (Å²) in [6, 6.07) is 1.24. The van der Waals surface area contributed by atoms with Gasteiger partial charge in [-0.3, -0.25) is 13.8 Å². The first-order chi connectivity index (χ1) is 6.91. The summed E-state index contributed by atoms with van der Waals surface area (Å²) < 4.78 is 24.7. The molecule has 0 bridgehead atoms. The number of aryl methyl sites for hydroxylation is 1. The zero-order valence-electron chi connectivity index (χ0n) is 7.58. The van der Waals surface area contributed by atoms with Gasteiger partial charge in [0.05, 0.1) is 6.20 Å². The van der Waals surface area contributed by atoms with Crippen molar-refractivity contribution in [2.45, 2.75) is 5.03 Å². The Bertz CT molecular complexity index is 685. The quantitative estimate of drug-likeness (QED) is 0.663. The summed E-state index contributed by atoms with van der Waals surface area (Å²) in [5, 5.41) is -0.158. The highest BCUT2D eigenvalue weighted by atomic mass is 35.7. The molecule has 0 radical (unpaired) electrons. The first kappa shape index (κ1) is 10.2. The minimum absolute atomic E-state index is 0.158. The Kier molecular flexibility index (Phi) is 2.09. The van der Waals surface area contributed by atoms with Crippen LogP contribution in [-0.4, -0.2) is 22.4 Å². The van der Waals surface area contributed by atoms with E-state index in [1.165, 1.54) is 28.3 Å². The van der Waals surface area contributed by atoms with Crippen LogP contribution in [0.1, 0.15) is 0 Å². The second kappa shape index (κ2) is 3.07. The Morgan fingerprint density at radius 3 is 2.73 bits per heavy atom. The molecule has 0 saturated heterocycles. The number of aromatic nitrogens is 3. The van der Waals surface area contributed by atoms with Gasteiger partial charge in [-0.25, -0.2) is 13.4 Å². The zero-order valence-corrected chi connectivity index (χ0v) is 9.16. The van der Waals surface area contributed by atoms with E-state index in [0.29, 0.717) is 0 Å². The van der Waals surface area contributed by atoms with Gasteiger partial charge in [-0.15, -0.1) is 0 Å². The predicted molar refractivity (Wildman–Crippen MR) is 53.5 cm³/mol. The highest BCUT2D eigenvalue weighted by Crippen LogP contribution is 2.15. The molecule has 8 heteroatoms. The number of fused-ring (bicyclic) bond motifs is 1. The largest absolute Gasteiger partial charge is 0.281 e. The maximum atomic E-state index is 11.2. The number of hydrogen-bond acceptors (Lipinski definition) is 4. The van der Waals surface area contributed by atoms with Crippen molar-refractivity contribution in [1.29, 1.82) is 0 Å². The Morgan fingerprint density at radius 2 is 2.13 bits per heavy atom. The number of rotatable bonds is 1. The molecule has 0 aliphatic rings. The molecule has 0 aromatic carbocycles. The Balaban J connectivity index is 2.96. The molecule has 0 saturated carbocycles. The fourth-order valence-electron chi connectivity index (χ4n) is 1.25. The molecule has 0 aliphatic heterocycles. The molecule has 2 rings (SSSR count). The summed E-state index contributed by atoms with van der Waals surface area (Å²) in [7, 11) is 2.83. The predicted octanol–water partition coefficient (Wildman–Crippen LogP) is -0.0395. The Labute approximate surface area is 89.2 Å². The molecule has 80 valence electrons. The Morgan fingerprint density at radius 1 is 1.47 bits per heavy atom. The van der Waals surface area contributed by atoms with Gasteiger partial charge in [0, 0.05) is 30.0 Å². The lowest BCUT2D eigenvalue weighted by atomic mass is 10.6. The number of imidazole rings is 1. The van der Waals surface area contributed by atoms with Gasteiger partial charge in [0.15, 0.2) is 5.03 Å². The fourth-order valence-corrected chi connectivity index (χ4v) is 2.15. The number of nitrogens with zero attached hydrogens (tertiary/aromatic N) is 3. The molecule has 0 aliphatic carbocycles. The van der Waals surface area contributed by atoms with Gasteiger partial charge in [0.1, 0.15) is 0 Å².